The number of amides is 8. The number of nitrogen functional groups attached to an aromatic ring is 1. The Labute approximate surface area is 441 Å². The molecule has 0 saturated carbocycles. The molecule has 75 heavy (non-hydrogen) atoms. The third kappa shape index (κ3) is 24.7. The lowest BCUT2D eigenvalue weighted by atomic mass is 9.98. The van der Waals surface area contributed by atoms with Gasteiger partial charge in [-0.2, -0.15) is 0 Å². The third-order valence-electron chi connectivity index (χ3n) is 11.8. The maximum absolute atomic E-state index is 14.4. The molecule has 418 valence electrons. The minimum atomic E-state index is -1.26. The molecule has 24 heteroatoms. The zero-order valence-electron chi connectivity index (χ0n) is 45.3. The van der Waals surface area contributed by atoms with Gasteiger partial charge in [0.25, 0.3) is 0 Å². The number of benzene rings is 1. The molecule has 0 radical (unpaired) electrons. The van der Waals surface area contributed by atoms with Gasteiger partial charge in [0.2, 0.25) is 47.3 Å². The summed E-state index contributed by atoms with van der Waals surface area (Å²) in [5, 5.41) is 29.8. The van der Waals surface area contributed by atoms with E-state index in [-0.39, 0.29) is 87.6 Å². The number of hydrogen-bond donors (Lipinski definition) is 14. The topological polar surface area (TPSA) is 402 Å². The second kappa shape index (κ2) is 32.9. The standard InChI is InChI=1S/C51H86N16O8/c1-28(2)21-38(64-47(72)39(22-29(3)4)65-48(73)40(23-30(5)6)66-49(74)41(61-32(9)68)24-35-26-57-27-60-35)46(71)62-37(14-12-20-58-51(55)56)45(70)67-42(31(7)8)50(75)63-36(13-10-11-19-52)44(69)59-25-33-15-17-34(18-16-33)43(53)54/h15-18,26-31,36-42H,10-14,19-25,52H2,1-9H3,(H3,53,54)(H,57,60)(H,59,69)(H,61,68)(H,62,71)(H,63,75)(H,64,72)(H,65,73)(H,66,74)(H,67,70)(H4,55,56,58)/t36-,37-,38-,39-,40-,41-,42-/m0/s1. The van der Waals surface area contributed by atoms with Crippen LogP contribution in [0.15, 0.2) is 41.8 Å². The molecule has 7 atom stereocenters. The average Bonchev–Trinajstić information content (AvgIpc) is 3.84. The van der Waals surface area contributed by atoms with Crippen molar-refractivity contribution in [3.05, 3.63) is 53.6 Å². The van der Waals surface area contributed by atoms with E-state index in [0.29, 0.717) is 30.6 Å². The lowest BCUT2D eigenvalue weighted by Crippen LogP contribution is -2.61. The highest BCUT2D eigenvalue weighted by Gasteiger charge is 2.35. The van der Waals surface area contributed by atoms with Gasteiger partial charge in [0.05, 0.1) is 6.33 Å². The van der Waals surface area contributed by atoms with Gasteiger partial charge in [-0.05, 0) is 87.1 Å². The highest BCUT2D eigenvalue weighted by Crippen LogP contribution is 2.14. The zero-order chi connectivity index (χ0) is 56.4. The van der Waals surface area contributed by atoms with Crippen molar-refractivity contribution in [1.82, 2.24) is 52.5 Å². The Bertz CT molecular complexity index is 2200. The second-order valence-electron chi connectivity index (χ2n) is 20.5. The van der Waals surface area contributed by atoms with Crippen molar-refractivity contribution in [1.29, 1.82) is 5.41 Å². The summed E-state index contributed by atoms with van der Waals surface area (Å²) in [6, 6.07) is -1.13. The Morgan fingerprint density at radius 1 is 0.600 bits per heavy atom. The summed E-state index contributed by atoms with van der Waals surface area (Å²) in [4.78, 5) is 121. The van der Waals surface area contributed by atoms with E-state index in [9.17, 15) is 38.4 Å². The molecule has 1 aromatic heterocycles. The molecule has 24 nitrogen and oxygen atoms in total. The SMILES string of the molecule is CC(=O)N[C@@H](Cc1cnc[nH]1)C(=O)N[C@@H](CC(C)C)C(=O)N[C@@H](CC(C)C)C(=O)N[C@@H](CC(C)C)C(=O)N[C@@H](CCCN=C(N)N)C(=O)N[C@H](C(=O)N[C@@H](CCCCN)C(=O)NCc1ccc(C(=N)N)cc1)C(C)C. The van der Waals surface area contributed by atoms with E-state index in [4.69, 9.17) is 28.3 Å². The van der Waals surface area contributed by atoms with Crippen LogP contribution in [0.3, 0.4) is 0 Å². The van der Waals surface area contributed by atoms with Gasteiger partial charge in [0, 0.05) is 43.9 Å². The number of carbonyl (C=O) groups is 8. The lowest BCUT2D eigenvalue weighted by molar-refractivity contribution is -0.136. The van der Waals surface area contributed by atoms with Gasteiger partial charge >= 0.3 is 0 Å². The van der Waals surface area contributed by atoms with Gasteiger partial charge in [0.1, 0.15) is 48.1 Å². The Kier molecular flexibility index (Phi) is 28.1. The molecular formula is C51H86N16O8. The number of aromatic amines is 1. The fraction of sp³-hybridized carbons (Fsp3) is 0.627. The number of aromatic nitrogens is 2. The summed E-state index contributed by atoms with van der Waals surface area (Å²) < 4.78 is 0. The van der Waals surface area contributed by atoms with Crippen molar-refractivity contribution >= 4 is 59.1 Å². The first-order valence-electron chi connectivity index (χ1n) is 25.8. The van der Waals surface area contributed by atoms with Crippen LogP contribution in [-0.4, -0.2) is 124 Å². The van der Waals surface area contributed by atoms with Crippen LogP contribution in [0.5, 0.6) is 0 Å². The molecular weight excluding hydrogens is 965 g/mol. The molecule has 1 aromatic carbocycles. The Hall–Kier alpha value is -7.11. The third-order valence-corrected chi connectivity index (χ3v) is 11.8. The first kappa shape index (κ1) is 64.0. The molecule has 0 bridgehead atoms. The normalized spacial score (nSPS) is 14.1. The summed E-state index contributed by atoms with van der Waals surface area (Å²) >= 11 is 0. The van der Waals surface area contributed by atoms with Gasteiger partial charge in [-0.3, -0.25) is 48.8 Å². The predicted molar refractivity (Wildman–Crippen MR) is 287 cm³/mol. The molecule has 0 aliphatic carbocycles. The van der Waals surface area contributed by atoms with E-state index in [2.05, 4.69) is 57.5 Å². The molecule has 2 rings (SSSR count). The van der Waals surface area contributed by atoms with Crippen LogP contribution >= 0.6 is 0 Å². The molecule has 8 amide bonds. The number of guanidine groups is 1. The Morgan fingerprint density at radius 3 is 1.51 bits per heavy atom. The molecule has 18 N–H and O–H groups in total. The van der Waals surface area contributed by atoms with Gasteiger partial charge in [-0.1, -0.05) is 79.7 Å². The summed E-state index contributed by atoms with van der Waals surface area (Å²) in [5.74, 6) is -6.02. The summed E-state index contributed by atoms with van der Waals surface area (Å²) in [6.07, 6.45) is 5.13. The Morgan fingerprint density at radius 2 is 1.07 bits per heavy atom. The van der Waals surface area contributed by atoms with Crippen molar-refractivity contribution in [3.8, 4) is 0 Å². The molecule has 0 unspecified atom stereocenters. The van der Waals surface area contributed by atoms with Gasteiger partial charge in [-0.25, -0.2) is 4.98 Å². The number of aliphatic imine (C=N–C) groups is 1. The first-order valence-corrected chi connectivity index (χ1v) is 25.8. The van der Waals surface area contributed by atoms with Crippen molar-refractivity contribution in [3.63, 3.8) is 0 Å². The van der Waals surface area contributed by atoms with Crippen LogP contribution in [0.4, 0.5) is 0 Å². The van der Waals surface area contributed by atoms with Crippen molar-refractivity contribution in [2.45, 2.75) is 169 Å². The number of nitrogens with one attached hydrogen (secondary N) is 10. The quantitative estimate of drug-likeness (QED) is 0.0249. The highest BCUT2D eigenvalue weighted by molar-refractivity contribution is 5.98. The maximum atomic E-state index is 14.4. The van der Waals surface area contributed by atoms with Gasteiger partial charge in [-0.15, -0.1) is 0 Å². The number of hydrogen-bond acceptors (Lipinski definition) is 12. The number of nitrogens with zero attached hydrogens (tertiary/aromatic N) is 2. The maximum Gasteiger partial charge on any atom is 0.243 e. The molecule has 1 heterocycles. The lowest BCUT2D eigenvalue weighted by Gasteiger charge is -2.29. The fourth-order valence-electron chi connectivity index (χ4n) is 7.97. The smallest absolute Gasteiger partial charge is 0.243 e. The van der Waals surface area contributed by atoms with E-state index >= 15 is 0 Å². The van der Waals surface area contributed by atoms with Crippen LogP contribution in [0.2, 0.25) is 0 Å². The molecule has 0 aliphatic rings. The summed E-state index contributed by atoms with van der Waals surface area (Å²) in [5.41, 5.74) is 24.3. The van der Waals surface area contributed by atoms with E-state index < -0.39 is 95.5 Å². The van der Waals surface area contributed by atoms with Crippen molar-refractivity contribution < 1.29 is 38.4 Å². The Balaban J connectivity index is 2.38. The largest absolute Gasteiger partial charge is 0.384 e. The molecule has 0 aliphatic heterocycles. The summed E-state index contributed by atoms with van der Waals surface area (Å²) in [6.45, 7) is 16.5. The van der Waals surface area contributed by atoms with E-state index in [1.54, 1.807) is 38.1 Å². The van der Waals surface area contributed by atoms with Crippen LogP contribution in [0.1, 0.15) is 131 Å². The minimum absolute atomic E-state index is 0.0142. The highest BCUT2D eigenvalue weighted by atomic mass is 16.2. The first-order chi connectivity index (χ1) is 35.3. The second-order valence-corrected chi connectivity index (χ2v) is 20.5. The number of H-pyrrole nitrogens is 1. The number of imidazole rings is 1. The van der Waals surface area contributed by atoms with Crippen LogP contribution in [0, 0.1) is 29.1 Å². The minimum Gasteiger partial charge on any atom is -0.384 e. The molecule has 2 aromatic rings. The van der Waals surface area contributed by atoms with E-state index in [1.807, 2.05) is 41.5 Å². The number of rotatable bonds is 34. The predicted octanol–water partition coefficient (Wildman–Crippen LogP) is -0.0569. The van der Waals surface area contributed by atoms with Crippen LogP contribution < -0.4 is 65.5 Å². The van der Waals surface area contributed by atoms with Gasteiger partial charge in [0.15, 0.2) is 5.96 Å². The average molecular weight is 1050 g/mol. The number of carbonyl (C=O) groups excluding carboxylic acids is 8. The zero-order valence-corrected chi connectivity index (χ0v) is 45.3. The van der Waals surface area contributed by atoms with E-state index in [1.165, 1.54) is 19.4 Å². The van der Waals surface area contributed by atoms with Crippen LogP contribution in [-0.2, 0) is 51.3 Å². The summed E-state index contributed by atoms with van der Waals surface area (Å²) in [7, 11) is 0. The number of amidine groups is 1. The van der Waals surface area contributed by atoms with Crippen molar-refractivity contribution in [2.24, 2.45) is 51.6 Å². The molecule has 0 fully saturated rings. The van der Waals surface area contributed by atoms with Crippen LogP contribution in [0.25, 0.3) is 0 Å². The fourth-order valence-corrected chi connectivity index (χ4v) is 7.97. The monoisotopic (exact) mass is 1050 g/mol. The number of nitrogens with two attached hydrogens (primary N) is 4. The molecule has 0 spiro atoms. The van der Waals surface area contributed by atoms with Crippen molar-refractivity contribution in [2.75, 3.05) is 13.1 Å². The number of unbranched alkanes of at least 4 members (excludes halogenated alkanes) is 1. The molecule has 0 saturated heterocycles. The van der Waals surface area contributed by atoms with Gasteiger partial charge < -0.3 is 70.5 Å². The van der Waals surface area contributed by atoms with E-state index in [0.717, 1.165) is 5.56 Å².